The molecule has 0 N–H and O–H groups in total. The molecule has 0 saturated carbocycles. The molecule has 2 rings (SSSR count). The van der Waals surface area contributed by atoms with Gasteiger partial charge in [0.1, 0.15) is 0 Å². The summed E-state index contributed by atoms with van der Waals surface area (Å²) in [5.41, 5.74) is 0.795. The lowest BCUT2D eigenvalue weighted by Gasteiger charge is -2.38. The molecule has 26 heavy (non-hydrogen) atoms. The van der Waals surface area contributed by atoms with Gasteiger partial charge in [-0.15, -0.1) is 0 Å². The van der Waals surface area contributed by atoms with Crippen molar-refractivity contribution < 1.29 is 14.3 Å². The number of nitrogens with zero attached hydrogens (tertiary/aromatic N) is 2. The van der Waals surface area contributed by atoms with Gasteiger partial charge in [0.25, 0.3) is 0 Å². The second kappa shape index (κ2) is 9.28. The number of amides is 1. The Hall–Kier alpha value is -1.72. The van der Waals surface area contributed by atoms with E-state index in [0.717, 1.165) is 31.5 Å². The molecule has 1 aliphatic heterocycles. The molecule has 0 aromatic heterocycles. The zero-order chi connectivity index (χ0) is 19.3. The fourth-order valence-electron chi connectivity index (χ4n) is 3.29. The molecular formula is C20H29ClN2O3. The Morgan fingerprint density at radius 1 is 1.27 bits per heavy atom. The van der Waals surface area contributed by atoms with Crippen LogP contribution in [0.4, 0.5) is 0 Å². The highest BCUT2D eigenvalue weighted by Gasteiger charge is 2.25. The van der Waals surface area contributed by atoms with E-state index >= 15 is 0 Å². The average Bonchev–Trinajstić information content (AvgIpc) is 2.64. The minimum absolute atomic E-state index is 0.00101. The fourth-order valence-corrected chi connectivity index (χ4v) is 3.58. The van der Waals surface area contributed by atoms with E-state index in [0.29, 0.717) is 22.6 Å². The summed E-state index contributed by atoms with van der Waals surface area (Å²) in [6.07, 6.45) is 5.37. The van der Waals surface area contributed by atoms with Crippen molar-refractivity contribution >= 4 is 23.6 Å². The molecular weight excluding hydrogens is 352 g/mol. The minimum Gasteiger partial charge on any atom is -0.493 e. The molecule has 0 unspecified atom stereocenters. The standard InChI is InChI=1S/C20H29ClN2O3/c1-14(2)23-10-8-16(9-11-23)22(3)19(24)7-6-15-12-17(21)20(26-5)18(13-15)25-4/h6-7,12-14,16H,8-11H2,1-5H3/b7-6+. The van der Waals surface area contributed by atoms with Gasteiger partial charge in [-0.05, 0) is 50.5 Å². The highest BCUT2D eigenvalue weighted by atomic mass is 35.5. The molecule has 0 spiro atoms. The van der Waals surface area contributed by atoms with Gasteiger partial charge in [0.2, 0.25) is 5.91 Å². The number of halogens is 1. The van der Waals surface area contributed by atoms with Gasteiger partial charge >= 0.3 is 0 Å². The Kier molecular flexibility index (Phi) is 7.35. The van der Waals surface area contributed by atoms with E-state index in [1.807, 2.05) is 11.9 Å². The largest absolute Gasteiger partial charge is 0.493 e. The van der Waals surface area contributed by atoms with Gasteiger partial charge in [0.15, 0.2) is 11.5 Å². The van der Waals surface area contributed by atoms with Crippen LogP contribution < -0.4 is 9.47 Å². The van der Waals surface area contributed by atoms with Crippen molar-refractivity contribution in [1.82, 2.24) is 9.80 Å². The second-order valence-electron chi connectivity index (χ2n) is 6.88. The molecule has 0 atom stereocenters. The third-order valence-corrected chi connectivity index (χ3v) is 5.28. The summed E-state index contributed by atoms with van der Waals surface area (Å²) in [6.45, 7) is 6.50. The quantitative estimate of drug-likeness (QED) is 0.705. The summed E-state index contributed by atoms with van der Waals surface area (Å²) in [4.78, 5) is 16.8. The molecule has 1 heterocycles. The molecule has 0 radical (unpaired) electrons. The summed E-state index contributed by atoms with van der Waals surface area (Å²) < 4.78 is 10.5. The minimum atomic E-state index is -0.00101. The topological polar surface area (TPSA) is 42.0 Å². The van der Waals surface area contributed by atoms with E-state index in [9.17, 15) is 4.79 Å². The zero-order valence-electron chi connectivity index (χ0n) is 16.3. The van der Waals surface area contributed by atoms with E-state index in [4.69, 9.17) is 21.1 Å². The number of likely N-dealkylation sites (N-methyl/N-ethyl adjacent to an activating group) is 1. The van der Waals surface area contributed by atoms with Gasteiger partial charge < -0.3 is 19.3 Å². The first-order chi connectivity index (χ1) is 12.4. The Labute approximate surface area is 161 Å². The van der Waals surface area contributed by atoms with Crippen molar-refractivity contribution in [3.05, 3.63) is 28.8 Å². The van der Waals surface area contributed by atoms with Crippen molar-refractivity contribution in [1.29, 1.82) is 0 Å². The SMILES string of the molecule is COc1cc(/C=C/C(=O)N(C)C2CCN(C(C)C)CC2)cc(Cl)c1OC. The van der Waals surface area contributed by atoms with Crippen LogP contribution in [0.25, 0.3) is 6.08 Å². The number of rotatable bonds is 6. The van der Waals surface area contributed by atoms with Crippen molar-refractivity contribution in [3.8, 4) is 11.5 Å². The molecule has 1 aromatic rings. The predicted octanol–water partition coefficient (Wildman–Crippen LogP) is 3.70. The van der Waals surface area contributed by atoms with Gasteiger partial charge in [0.05, 0.1) is 19.2 Å². The molecule has 1 aliphatic rings. The lowest BCUT2D eigenvalue weighted by atomic mass is 10.0. The number of hydrogen-bond acceptors (Lipinski definition) is 4. The Bertz CT molecular complexity index is 653. The summed E-state index contributed by atoms with van der Waals surface area (Å²) >= 11 is 6.21. The summed E-state index contributed by atoms with van der Waals surface area (Å²) in [5, 5.41) is 0.452. The summed E-state index contributed by atoms with van der Waals surface area (Å²) in [5.74, 6) is 1.03. The number of methoxy groups -OCH3 is 2. The van der Waals surface area contributed by atoms with Crippen molar-refractivity contribution in [2.45, 2.75) is 38.8 Å². The smallest absolute Gasteiger partial charge is 0.246 e. The molecule has 1 amide bonds. The summed E-state index contributed by atoms with van der Waals surface area (Å²) in [7, 11) is 4.98. The number of hydrogen-bond donors (Lipinski definition) is 0. The second-order valence-corrected chi connectivity index (χ2v) is 7.29. The Morgan fingerprint density at radius 3 is 2.46 bits per heavy atom. The number of benzene rings is 1. The average molecular weight is 381 g/mol. The van der Waals surface area contributed by atoms with Crippen molar-refractivity contribution in [2.75, 3.05) is 34.4 Å². The molecule has 0 bridgehead atoms. The first-order valence-corrected chi connectivity index (χ1v) is 9.35. The van der Waals surface area contributed by atoms with Crippen LogP contribution in [0, 0.1) is 0 Å². The van der Waals surface area contributed by atoms with Crippen LogP contribution in [0.5, 0.6) is 11.5 Å². The van der Waals surface area contributed by atoms with Crippen LogP contribution in [0.15, 0.2) is 18.2 Å². The molecule has 144 valence electrons. The third kappa shape index (κ3) is 4.92. The molecule has 1 saturated heterocycles. The molecule has 1 fully saturated rings. The van der Waals surface area contributed by atoms with E-state index in [2.05, 4.69) is 18.7 Å². The van der Waals surface area contributed by atoms with Crippen molar-refractivity contribution in [3.63, 3.8) is 0 Å². The van der Waals surface area contributed by atoms with Crippen LogP contribution >= 0.6 is 11.6 Å². The zero-order valence-corrected chi connectivity index (χ0v) is 17.0. The first-order valence-electron chi connectivity index (χ1n) is 8.97. The monoisotopic (exact) mass is 380 g/mol. The highest BCUT2D eigenvalue weighted by molar-refractivity contribution is 6.32. The number of likely N-dealkylation sites (tertiary alicyclic amines) is 1. The van der Waals surface area contributed by atoms with Crippen LogP contribution in [-0.4, -0.2) is 62.1 Å². The van der Waals surface area contributed by atoms with Gasteiger partial charge in [-0.1, -0.05) is 11.6 Å². The van der Waals surface area contributed by atoms with E-state index in [-0.39, 0.29) is 11.9 Å². The predicted molar refractivity (Wildman–Crippen MR) is 106 cm³/mol. The van der Waals surface area contributed by atoms with Crippen molar-refractivity contribution in [2.24, 2.45) is 0 Å². The van der Waals surface area contributed by atoms with E-state index in [1.165, 1.54) is 0 Å². The Balaban J connectivity index is 2.02. The molecule has 0 aliphatic carbocycles. The maximum absolute atomic E-state index is 12.5. The van der Waals surface area contributed by atoms with Gasteiger partial charge in [-0.2, -0.15) is 0 Å². The van der Waals surface area contributed by atoms with E-state index in [1.54, 1.807) is 38.5 Å². The van der Waals surface area contributed by atoms with Crippen LogP contribution in [-0.2, 0) is 4.79 Å². The van der Waals surface area contributed by atoms with Crippen LogP contribution in [0.3, 0.4) is 0 Å². The maximum Gasteiger partial charge on any atom is 0.246 e. The number of carbonyl (C=O) groups is 1. The van der Waals surface area contributed by atoms with Crippen LogP contribution in [0.2, 0.25) is 5.02 Å². The highest BCUT2D eigenvalue weighted by Crippen LogP contribution is 2.36. The lowest BCUT2D eigenvalue weighted by Crippen LogP contribution is -2.47. The number of ether oxygens (including phenoxy) is 2. The summed E-state index contributed by atoms with van der Waals surface area (Å²) in [6, 6.07) is 4.41. The first kappa shape index (κ1) is 20.6. The number of piperidine rings is 1. The fraction of sp³-hybridized carbons (Fsp3) is 0.550. The number of carbonyl (C=O) groups excluding carboxylic acids is 1. The lowest BCUT2D eigenvalue weighted by molar-refractivity contribution is -0.127. The molecule has 6 heteroatoms. The van der Waals surface area contributed by atoms with Gasteiger partial charge in [0, 0.05) is 38.3 Å². The Morgan fingerprint density at radius 2 is 1.92 bits per heavy atom. The van der Waals surface area contributed by atoms with Gasteiger partial charge in [-0.25, -0.2) is 0 Å². The normalized spacial score (nSPS) is 16.3. The maximum atomic E-state index is 12.5. The molecule has 5 nitrogen and oxygen atoms in total. The van der Waals surface area contributed by atoms with Gasteiger partial charge in [-0.3, -0.25) is 4.79 Å². The molecule has 1 aromatic carbocycles. The van der Waals surface area contributed by atoms with E-state index < -0.39 is 0 Å². The van der Waals surface area contributed by atoms with Crippen LogP contribution in [0.1, 0.15) is 32.3 Å². The third-order valence-electron chi connectivity index (χ3n) is 5.00.